The van der Waals surface area contributed by atoms with Gasteiger partial charge in [-0.3, -0.25) is 19.6 Å². The Morgan fingerprint density at radius 1 is 1.13 bits per heavy atom. The molecule has 1 aliphatic carbocycles. The second kappa shape index (κ2) is 7.93. The highest BCUT2D eigenvalue weighted by Crippen LogP contribution is 2.31. The van der Waals surface area contributed by atoms with E-state index in [0.717, 1.165) is 24.2 Å². The van der Waals surface area contributed by atoms with E-state index in [9.17, 15) is 14.7 Å². The Hall–Kier alpha value is -3.16. The Morgan fingerprint density at radius 2 is 1.93 bits per heavy atom. The van der Waals surface area contributed by atoms with Gasteiger partial charge in [0.1, 0.15) is 5.75 Å². The summed E-state index contributed by atoms with van der Waals surface area (Å²) in [6, 6.07) is 3.20. The summed E-state index contributed by atoms with van der Waals surface area (Å²) in [5.74, 6) is -0.976. The van der Waals surface area contributed by atoms with E-state index in [0.29, 0.717) is 40.3 Å². The molecule has 0 aromatic heterocycles. The normalized spacial score (nSPS) is 19.2. The summed E-state index contributed by atoms with van der Waals surface area (Å²) in [7, 11) is 5.78. The molecule has 7 heteroatoms. The van der Waals surface area contributed by atoms with Gasteiger partial charge in [-0.1, -0.05) is 0 Å². The molecular weight excluding hydrogens is 380 g/mol. The van der Waals surface area contributed by atoms with Gasteiger partial charge in [0.2, 0.25) is 11.6 Å². The number of carbonyl (C=O) groups is 2. The van der Waals surface area contributed by atoms with Crippen LogP contribution in [0.5, 0.6) is 5.75 Å². The number of aromatic hydroxyl groups is 1. The molecule has 7 nitrogen and oxygen atoms in total. The second-order valence-corrected chi connectivity index (χ2v) is 7.81. The van der Waals surface area contributed by atoms with E-state index >= 15 is 0 Å². The molecule has 3 aliphatic rings. The fourth-order valence-electron chi connectivity index (χ4n) is 3.89. The number of rotatable bonds is 6. The number of benzene rings is 1. The van der Waals surface area contributed by atoms with Crippen LogP contribution in [0.3, 0.4) is 0 Å². The van der Waals surface area contributed by atoms with Crippen LogP contribution in [0, 0.1) is 0 Å². The van der Waals surface area contributed by atoms with Crippen molar-refractivity contribution in [2.45, 2.75) is 12.8 Å². The summed E-state index contributed by atoms with van der Waals surface area (Å²) in [6.45, 7) is 1.50. The molecular formula is C23H24N4O3. The largest absolute Gasteiger partial charge is 0.507 e. The molecule has 30 heavy (non-hydrogen) atoms. The highest BCUT2D eigenvalue weighted by molar-refractivity contribution is 6.60. The molecule has 154 valence electrons. The van der Waals surface area contributed by atoms with Crippen molar-refractivity contribution in [3.05, 3.63) is 57.4 Å². The van der Waals surface area contributed by atoms with Gasteiger partial charge >= 0.3 is 0 Å². The summed E-state index contributed by atoms with van der Waals surface area (Å²) in [5.41, 5.74) is 3.51. The van der Waals surface area contributed by atoms with Crippen LogP contribution in [0.4, 0.5) is 0 Å². The lowest BCUT2D eigenvalue weighted by Gasteiger charge is -2.14. The van der Waals surface area contributed by atoms with Crippen LogP contribution in [0.1, 0.15) is 18.4 Å². The fraction of sp³-hybridized carbons (Fsp3) is 0.304. The monoisotopic (exact) mass is 404 g/mol. The molecule has 0 bridgehead atoms. The highest BCUT2D eigenvalue weighted by atomic mass is 16.3. The summed E-state index contributed by atoms with van der Waals surface area (Å²) >= 11 is 0. The second-order valence-electron chi connectivity index (χ2n) is 7.81. The van der Waals surface area contributed by atoms with Gasteiger partial charge < -0.3 is 15.3 Å². The zero-order valence-electron chi connectivity index (χ0n) is 17.3. The Bertz CT molecular complexity index is 1200. The van der Waals surface area contributed by atoms with Crippen molar-refractivity contribution in [2.75, 3.05) is 34.2 Å². The van der Waals surface area contributed by atoms with Crippen LogP contribution >= 0.6 is 0 Å². The van der Waals surface area contributed by atoms with E-state index < -0.39 is 11.6 Å². The Kier molecular flexibility index (Phi) is 5.32. The number of fused-ring (bicyclic) bond motifs is 2. The number of Topliss-reactive ketones (excluding diaryl/α,β-unsaturated/α-hetero) is 2. The van der Waals surface area contributed by atoms with Crippen molar-refractivity contribution >= 4 is 28.9 Å². The maximum atomic E-state index is 13.0. The van der Waals surface area contributed by atoms with Gasteiger partial charge in [0, 0.05) is 35.3 Å². The first-order chi connectivity index (χ1) is 14.4. The quantitative estimate of drug-likeness (QED) is 0.674. The standard InChI is InChI=1S/C23H24N4O3/c1-24-8-6-13-12-26-21-15(4-5-18(28)20(13)21)16-10-17-19(23(30)22(16)29)14(11-25-17)7-9-27(2)3/h4-5,10-12,24,28H,6-9H2,1-3H3. The maximum Gasteiger partial charge on any atom is 0.236 e. The molecule has 4 rings (SSSR count). The molecule has 0 saturated carbocycles. The van der Waals surface area contributed by atoms with E-state index in [1.807, 2.05) is 26.0 Å². The molecule has 0 saturated heterocycles. The third kappa shape index (κ3) is 3.36. The number of allylic oxidation sites excluding steroid dienone is 2. The SMILES string of the molecule is CNCCC1=CN=c2c1c(O)ccc2=C1C=C2N=CC(CCN(C)C)=C2C(=O)C1=O. The van der Waals surface area contributed by atoms with Gasteiger partial charge in [0.15, 0.2) is 0 Å². The van der Waals surface area contributed by atoms with Crippen molar-refractivity contribution in [1.82, 2.24) is 10.2 Å². The van der Waals surface area contributed by atoms with E-state index in [2.05, 4.69) is 15.3 Å². The van der Waals surface area contributed by atoms with Gasteiger partial charge in [0.25, 0.3) is 0 Å². The van der Waals surface area contributed by atoms with Crippen LogP contribution in [-0.2, 0) is 9.59 Å². The predicted octanol–water partition coefficient (Wildman–Crippen LogP) is 0.495. The van der Waals surface area contributed by atoms with Crippen molar-refractivity contribution in [3.8, 4) is 5.75 Å². The Morgan fingerprint density at radius 3 is 2.67 bits per heavy atom. The lowest BCUT2D eigenvalue weighted by atomic mass is 9.88. The predicted molar refractivity (Wildman–Crippen MR) is 116 cm³/mol. The molecule has 0 fully saturated rings. The minimum absolute atomic E-state index is 0.116. The number of hydrogen-bond donors (Lipinski definition) is 2. The molecule has 0 unspecified atom stereocenters. The summed E-state index contributed by atoms with van der Waals surface area (Å²) in [5, 5.41) is 14.5. The molecule has 2 heterocycles. The van der Waals surface area contributed by atoms with Crippen LogP contribution < -0.4 is 15.9 Å². The Labute approximate surface area is 174 Å². The molecule has 0 spiro atoms. The lowest BCUT2D eigenvalue weighted by Crippen LogP contribution is -2.35. The fourth-order valence-corrected chi connectivity index (χ4v) is 3.89. The van der Waals surface area contributed by atoms with Crippen LogP contribution in [-0.4, -0.2) is 62.0 Å². The molecule has 0 radical (unpaired) electrons. The Balaban J connectivity index is 1.84. The highest BCUT2D eigenvalue weighted by Gasteiger charge is 2.34. The molecule has 1 aromatic carbocycles. The minimum atomic E-state index is -0.562. The van der Waals surface area contributed by atoms with E-state index in [1.54, 1.807) is 30.6 Å². The number of nitrogens with zero attached hydrogens (tertiary/aromatic N) is 3. The van der Waals surface area contributed by atoms with Crippen molar-refractivity contribution in [3.63, 3.8) is 0 Å². The summed E-state index contributed by atoms with van der Waals surface area (Å²) in [4.78, 5) is 36.9. The topological polar surface area (TPSA) is 94.4 Å². The molecule has 1 aromatic rings. The smallest absolute Gasteiger partial charge is 0.236 e. The zero-order chi connectivity index (χ0) is 21.4. The minimum Gasteiger partial charge on any atom is -0.507 e. The molecule has 2 aliphatic heterocycles. The van der Waals surface area contributed by atoms with E-state index in [-0.39, 0.29) is 11.3 Å². The van der Waals surface area contributed by atoms with E-state index in [4.69, 9.17) is 0 Å². The maximum absolute atomic E-state index is 13.0. The van der Waals surface area contributed by atoms with Gasteiger partial charge in [-0.25, -0.2) is 0 Å². The molecule has 0 amide bonds. The van der Waals surface area contributed by atoms with Crippen LogP contribution in [0.25, 0.3) is 11.1 Å². The van der Waals surface area contributed by atoms with Gasteiger partial charge in [-0.05, 0) is 69.9 Å². The lowest BCUT2D eigenvalue weighted by molar-refractivity contribution is -0.131. The summed E-state index contributed by atoms with van der Waals surface area (Å²) in [6.07, 6.45) is 6.42. The van der Waals surface area contributed by atoms with Crippen molar-refractivity contribution in [1.29, 1.82) is 0 Å². The average Bonchev–Trinajstić information content (AvgIpc) is 3.33. The first-order valence-electron chi connectivity index (χ1n) is 9.93. The number of ketones is 2. The van der Waals surface area contributed by atoms with Crippen LogP contribution in [0.15, 0.2) is 51.2 Å². The number of phenols is 1. The number of nitrogens with one attached hydrogen (secondary N) is 1. The number of hydrogen-bond acceptors (Lipinski definition) is 7. The van der Waals surface area contributed by atoms with Gasteiger partial charge in [-0.2, -0.15) is 0 Å². The first-order valence-corrected chi connectivity index (χ1v) is 9.93. The molecule has 0 atom stereocenters. The van der Waals surface area contributed by atoms with E-state index in [1.165, 1.54) is 0 Å². The number of carbonyl (C=O) groups excluding carboxylic acids is 2. The molecule has 2 N–H and O–H groups in total. The third-order valence-electron chi connectivity index (χ3n) is 5.49. The number of phenolic OH excluding ortho intramolecular Hbond substituents is 1. The first kappa shape index (κ1) is 20.1. The van der Waals surface area contributed by atoms with Crippen molar-refractivity contribution in [2.24, 2.45) is 9.98 Å². The van der Waals surface area contributed by atoms with Crippen molar-refractivity contribution < 1.29 is 14.7 Å². The number of aliphatic imine (C=N–C) groups is 1. The van der Waals surface area contributed by atoms with Crippen LogP contribution in [0.2, 0.25) is 0 Å². The zero-order valence-corrected chi connectivity index (χ0v) is 17.3. The van der Waals surface area contributed by atoms with Gasteiger partial charge in [0.05, 0.1) is 16.6 Å². The summed E-state index contributed by atoms with van der Waals surface area (Å²) < 4.78 is 0. The average molecular weight is 404 g/mol. The third-order valence-corrected chi connectivity index (χ3v) is 5.49. The van der Waals surface area contributed by atoms with Gasteiger partial charge in [-0.15, -0.1) is 0 Å².